The third-order valence-corrected chi connectivity index (χ3v) is 3.07. The van der Waals surface area contributed by atoms with Gasteiger partial charge in [-0.1, -0.05) is 18.2 Å². The number of hydrogen-bond acceptors (Lipinski definition) is 4. The lowest BCUT2D eigenvalue weighted by molar-refractivity contribution is 0.414. The Kier molecular flexibility index (Phi) is 3.55. The van der Waals surface area contributed by atoms with Crippen LogP contribution in [0.3, 0.4) is 0 Å². The largest absolute Gasteiger partial charge is 0.497 e. The Bertz CT molecular complexity index is 739. The van der Waals surface area contributed by atoms with E-state index in [1.54, 1.807) is 7.11 Å². The second-order valence-corrected chi connectivity index (χ2v) is 4.68. The Balaban J connectivity index is 1.94. The topological polar surface area (TPSA) is 60.0 Å². The Hall–Kier alpha value is -2.82. The molecule has 106 valence electrons. The molecule has 0 saturated heterocycles. The van der Waals surface area contributed by atoms with Gasteiger partial charge in [-0.3, -0.25) is 0 Å². The molecule has 0 aliphatic rings. The molecule has 0 bridgehead atoms. The highest BCUT2D eigenvalue weighted by molar-refractivity contribution is 5.67. The summed E-state index contributed by atoms with van der Waals surface area (Å²) in [6.45, 7) is 2.04. The molecular formula is C16H15N3O2. The quantitative estimate of drug-likeness (QED) is 0.794. The van der Waals surface area contributed by atoms with Gasteiger partial charge in [-0.05, 0) is 47.9 Å². The SMILES string of the molecule is COc1cc(C)cc(-c2cccc(Oc3cn[nH]n3)c2)c1. The summed E-state index contributed by atoms with van der Waals surface area (Å²) in [7, 11) is 1.67. The molecule has 1 heterocycles. The van der Waals surface area contributed by atoms with Gasteiger partial charge < -0.3 is 9.47 Å². The smallest absolute Gasteiger partial charge is 0.258 e. The van der Waals surface area contributed by atoms with Crippen LogP contribution in [0.25, 0.3) is 11.1 Å². The molecule has 0 aliphatic heterocycles. The lowest BCUT2D eigenvalue weighted by Crippen LogP contribution is -1.88. The van der Waals surface area contributed by atoms with Gasteiger partial charge in [0.15, 0.2) is 0 Å². The van der Waals surface area contributed by atoms with Crippen LogP contribution in [-0.4, -0.2) is 22.5 Å². The highest BCUT2D eigenvalue weighted by Crippen LogP contribution is 2.29. The maximum Gasteiger partial charge on any atom is 0.258 e. The van der Waals surface area contributed by atoms with Gasteiger partial charge in [0.05, 0.1) is 7.11 Å². The van der Waals surface area contributed by atoms with Crippen molar-refractivity contribution in [2.24, 2.45) is 0 Å². The van der Waals surface area contributed by atoms with Crippen molar-refractivity contribution < 1.29 is 9.47 Å². The predicted molar refractivity (Wildman–Crippen MR) is 79.6 cm³/mol. The van der Waals surface area contributed by atoms with E-state index in [0.717, 1.165) is 22.4 Å². The Morgan fingerprint density at radius 2 is 1.86 bits per heavy atom. The van der Waals surface area contributed by atoms with Crippen molar-refractivity contribution in [1.82, 2.24) is 15.4 Å². The number of hydrogen-bond donors (Lipinski definition) is 1. The van der Waals surface area contributed by atoms with Crippen molar-refractivity contribution in [3.63, 3.8) is 0 Å². The number of ether oxygens (including phenoxy) is 2. The molecule has 21 heavy (non-hydrogen) atoms. The van der Waals surface area contributed by atoms with Crippen LogP contribution in [0, 0.1) is 6.92 Å². The van der Waals surface area contributed by atoms with Crippen LogP contribution < -0.4 is 9.47 Å². The van der Waals surface area contributed by atoms with E-state index in [2.05, 4.69) is 21.5 Å². The first-order chi connectivity index (χ1) is 10.2. The lowest BCUT2D eigenvalue weighted by Gasteiger charge is -2.08. The van der Waals surface area contributed by atoms with Gasteiger partial charge in [0, 0.05) is 0 Å². The number of aryl methyl sites for hydroxylation is 1. The molecule has 0 amide bonds. The standard InChI is InChI=1S/C16H15N3O2/c1-11-6-13(9-15(7-11)20-2)12-4-3-5-14(8-12)21-16-10-17-19-18-16/h3-10H,1-2H3,(H,17,18,19). The van der Waals surface area contributed by atoms with E-state index in [0.29, 0.717) is 11.6 Å². The molecule has 0 fully saturated rings. The molecule has 0 unspecified atom stereocenters. The average molecular weight is 281 g/mol. The Morgan fingerprint density at radius 3 is 2.62 bits per heavy atom. The van der Waals surface area contributed by atoms with Crippen LogP contribution in [0.4, 0.5) is 0 Å². The van der Waals surface area contributed by atoms with E-state index in [1.165, 1.54) is 6.20 Å². The summed E-state index contributed by atoms with van der Waals surface area (Å²) < 4.78 is 11.0. The molecule has 2 aromatic carbocycles. The summed E-state index contributed by atoms with van der Waals surface area (Å²) in [6, 6.07) is 13.9. The summed E-state index contributed by atoms with van der Waals surface area (Å²) in [6.07, 6.45) is 1.53. The minimum Gasteiger partial charge on any atom is -0.497 e. The molecule has 1 N–H and O–H groups in total. The lowest BCUT2D eigenvalue weighted by atomic mass is 10.0. The van der Waals surface area contributed by atoms with Crippen LogP contribution in [-0.2, 0) is 0 Å². The molecule has 0 radical (unpaired) electrons. The zero-order valence-corrected chi connectivity index (χ0v) is 11.8. The number of benzene rings is 2. The molecule has 5 nitrogen and oxygen atoms in total. The van der Waals surface area contributed by atoms with E-state index in [9.17, 15) is 0 Å². The van der Waals surface area contributed by atoms with Gasteiger partial charge in [0.2, 0.25) is 0 Å². The molecular weight excluding hydrogens is 266 g/mol. The zero-order chi connectivity index (χ0) is 14.7. The van der Waals surface area contributed by atoms with Crippen molar-refractivity contribution in [2.75, 3.05) is 7.11 Å². The van der Waals surface area contributed by atoms with E-state index in [1.807, 2.05) is 43.3 Å². The Labute approximate surface area is 122 Å². The molecule has 0 aliphatic carbocycles. The van der Waals surface area contributed by atoms with Crippen LogP contribution in [0.1, 0.15) is 5.56 Å². The van der Waals surface area contributed by atoms with E-state index in [-0.39, 0.29) is 0 Å². The number of methoxy groups -OCH3 is 1. The number of aromatic nitrogens is 3. The minimum atomic E-state index is 0.439. The molecule has 0 atom stereocenters. The second kappa shape index (κ2) is 5.66. The van der Waals surface area contributed by atoms with Crippen LogP contribution in [0.15, 0.2) is 48.7 Å². The summed E-state index contributed by atoms with van der Waals surface area (Å²) >= 11 is 0. The van der Waals surface area contributed by atoms with Gasteiger partial charge in [0.1, 0.15) is 17.7 Å². The molecule has 3 aromatic rings. The van der Waals surface area contributed by atoms with Gasteiger partial charge in [0.25, 0.3) is 5.88 Å². The maximum absolute atomic E-state index is 5.63. The summed E-state index contributed by atoms with van der Waals surface area (Å²) in [5, 5.41) is 10.1. The third-order valence-electron chi connectivity index (χ3n) is 3.07. The van der Waals surface area contributed by atoms with Gasteiger partial charge in [-0.2, -0.15) is 10.3 Å². The monoisotopic (exact) mass is 281 g/mol. The summed E-state index contributed by atoms with van der Waals surface area (Å²) in [4.78, 5) is 0. The number of H-pyrrole nitrogens is 1. The van der Waals surface area contributed by atoms with Crippen LogP contribution in [0.5, 0.6) is 17.4 Å². The maximum atomic E-state index is 5.63. The minimum absolute atomic E-state index is 0.439. The summed E-state index contributed by atoms with van der Waals surface area (Å²) in [5.74, 6) is 1.99. The first-order valence-electron chi connectivity index (χ1n) is 6.54. The predicted octanol–water partition coefficient (Wildman–Crippen LogP) is 3.58. The van der Waals surface area contributed by atoms with Crippen molar-refractivity contribution in [2.45, 2.75) is 6.92 Å². The number of aromatic amines is 1. The molecule has 5 heteroatoms. The van der Waals surface area contributed by atoms with E-state index < -0.39 is 0 Å². The van der Waals surface area contributed by atoms with Gasteiger partial charge in [-0.15, -0.1) is 5.10 Å². The fourth-order valence-corrected chi connectivity index (χ4v) is 2.13. The van der Waals surface area contributed by atoms with Crippen molar-refractivity contribution >= 4 is 0 Å². The molecule has 0 saturated carbocycles. The highest BCUT2D eigenvalue weighted by atomic mass is 16.5. The van der Waals surface area contributed by atoms with Crippen LogP contribution >= 0.6 is 0 Å². The second-order valence-electron chi connectivity index (χ2n) is 4.68. The van der Waals surface area contributed by atoms with Gasteiger partial charge in [-0.25, -0.2) is 0 Å². The van der Waals surface area contributed by atoms with E-state index in [4.69, 9.17) is 9.47 Å². The van der Waals surface area contributed by atoms with Crippen molar-refractivity contribution in [3.05, 3.63) is 54.2 Å². The fourth-order valence-electron chi connectivity index (χ4n) is 2.13. The molecule has 1 aromatic heterocycles. The van der Waals surface area contributed by atoms with Crippen molar-refractivity contribution in [3.8, 4) is 28.5 Å². The first kappa shape index (κ1) is 13.2. The number of nitrogens with one attached hydrogen (secondary N) is 1. The summed E-state index contributed by atoms with van der Waals surface area (Å²) in [5.41, 5.74) is 3.28. The van der Waals surface area contributed by atoms with Crippen LogP contribution in [0.2, 0.25) is 0 Å². The first-order valence-corrected chi connectivity index (χ1v) is 6.54. The zero-order valence-electron chi connectivity index (χ0n) is 11.8. The Morgan fingerprint density at radius 1 is 1.00 bits per heavy atom. The molecule has 0 spiro atoms. The fraction of sp³-hybridized carbons (Fsp3) is 0.125. The van der Waals surface area contributed by atoms with Gasteiger partial charge >= 0.3 is 0 Å². The third kappa shape index (κ3) is 3.02. The molecule has 3 rings (SSSR count). The number of nitrogens with zero attached hydrogens (tertiary/aromatic N) is 2. The average Bonchev–Trinajstić information content (AvgIpc) is 3.00. The van der Waals surface area contributed by atoms with Crippen molar-refractivity contribution in [1.29, 1.82) is 0 Å². The normalized spacial score (nSPS) is 10.4. The van der Waals surface area contributed by atoms with E-state index >= 15 is 0 Å². The number of rotatable bonds is 4. The highest BCUT2D eigenvalue weighted by Gasteiger charge is 2.05.